The van der Waals surface area contributed by atoms with E-state index < -0.39 is 8.03 Å². The highest BCUT2D eigenvalue weighted by Crippen LogP contribution is 2.30. The monoisotopic (exact) mass is 261 g/mol. The number of hydrogen-bond donors (Lipinski definition) is 0. The highest BCUT2D eigenvalue weighted by atomic mass is 79.9. The Morgan fingerprint density at radius 1 is 1.46 bits per heavy atom. The van der Waals surface area contributed by atoms with E-state index in [1.165, 1.54) is 0 Å². The molecule has 13 heavy (non-hydrogen) atoms. The van der Waals surface area contributed by atoms with E-state index in [4.69, 9.17) is 4.52 Å². The summed E-state index contributed by atoms with van der Waals surface area (Å²) in [6, 6.07) is 7.73. The van der Waals surface area contributed by atoms with Crippen LogP contribution in [0.1, 0.15) is 12.5 Å². The fraction of sp³-hybridized carbons (Fsp3) is 0.333. The average molecular weight is 262 g/mol. The number of benzene rings is 1. The molecule has 1 unspecified atom stereocenters. The lowest BCUT2D eigenvalue weighted by molar-refractivity contribution is 0.350. The van der Waals surface area contributed by atoms with Crippen LogP contribution in [0.15, 0.2) is 28.7 Å². The van der Waals surface area contributed by atoms with Crippen LogP contribution >= 0.6 is 24.0 Å². The van der Waals surface area contributed by atoms with Gasteiger partial charge in [-0.25, -0.2) is 0 Å². The van der Waals surface area contributed by atoms with Crippen LogP contribution in [-0.4, -0.2) is 6.61 Å². The summed E-state index contributed by atoms with van der Waals surface area (Å²) in [7, 11) is -1.55. The van der Waals surface area contributed by atoms with Crippen LogP contribution in [0.5, 0.6) is 0 Å². The van der Waals surface area contributed by atoms with Crippen LogP contribution in [0.25, 0.3) is 0 Å². The molecular weight excluding hydrogens is 251 g/mol. The maximum absolute atomic E-state index is 11.3. The summed E-state index contributed by atoms with van der Waals surface area (Å²) >= 11 is 3.39. The Kier molecular flexibility index (Phi) is 4.57. The van der Waals surface area contributed by atoms with Crippen molar-refractivity contribution < 1.29 is 9.09 Å². The fourth-order valence-corrected chi connectivity index (χ4v) is 2.53. The minimum Gasteiger partial charge on any atom is -0.146 e. The third kappa shape index (κ3) is 3.55. The molecule has 4 heteroatoms. The lowest BCUT2D eigenvalue weighted by atomic mass is 10.2. The Labute approximate surface area is 87.3 Å². The molecule has 2 nitrogen and oxygen atoms in total. The molecule has 0 aromatic heterocycles. The first-order valence-corrected chi connectivity index (χ1v) is 6.20. The smallest absolute Gasteiger partial charge is 0.146 e. The van der Waals surface area contributed by atoms with E-state index in [0.717, 1.165) is 10.0 Å². The van der Waals surface area contributed by atoms with Crippen molar-refractivity contribution >= 4 is 24.0 Å². The Bertz CT molecular complexity index is 301. The van der Waals surface area contributed by atoms with Gasteiger partial charge in [0.1, 0.15) is 0 Å². The molecular formula is C9H11BrO2P+. The molecule has 0 aliphatic carbocycles. The molecule has 0 fully saturated rings. The molecule has 0 spiro atoms. The lowest BCUT2D eigenvalue weighted by Gasteiger charge is -1.95. The van der Waals surface area contributed by atoms with E-state index in [0.29, 0.717) is 12.8 Å². The van der Waals surface area contributed by atoms with Crippen LogP contribution in [0.4, 0.5) is 0 Å². The van der Waals surface area contributed by atoms with E-state index in [-0.39, 0.29) is 0 Å². The Balaban J connectivity index is 2.63. The third-order valence-corrected chi connectivity index (χ3v) is 3.45. The van der Waals surface area contributed by atoms with Gasteiger partial charge in [-0.1, -0.05) is 34.1 Å². The molecule has 1 atom stereocenters. The maximum Gasteiger partial charge on any atom is 0.512 e. The summed E-state index contributed by atoms with van der Waals surface area (Å²) in [6.07, 6.45) is 0.477. The molecule has 1 aromatic carbocycles. The van der Waals surface area contributed by atoms with Crippen LogP contribution in [0.2, 0.25) is 0 Å². The predicted octanol–water partition coefficient (Wildman–Crippen LogP) is 3.73. The Hall–Kier alpha value is -0.240. The second kappa shape index (κ2) is 5.48. The van der Waals surface area contributed by atoms with Gasteiger partial charge in [0, 0.05) is 10.0 Å². The molecule has 1 rings (SSSR count). The van der Waals surface area contributed by atoms with Gasteiger partial charge in [-0.05, 0) is 17.6 Å². The van der Waals surface area contributed by atoms with E-state index in [1.54, 1.807) is 0 Å². The molecule has 0 saturated heterocycles. The van der Waals surface area contributed by atoms with Crippen molar-refractivity contribution in [2.24, 2.45) is 0 Å². The van der Waals surface area contributed by atoms with Crippen molar-refractivity contribution in [3.8, 4) is 0 Å². The molecule has 0 heterocycles. The van der Waals surface area contributed by atoms with E-state index in [9.17, 15) is 4.57 Å². The van der Waals surface area contributed by atoms with Gasteiger partial charge in [0.2, 0.25) is 6.16 Å². The Morgan fingerprint density at radius 2 is 2.15 bits per heavy atom. The topological polar surface area (TPSA) is 26.3 Å². The second-order valence-corrected chi connectivity index (χ2v) is 4.59. The van der Waals surface area contributed by atoms with Crippen LogP contribution in [-0.2, 0) is 15.3 Å². The number of halogens is 1. The van der Waals surface area contributed by atoms with Gasteiger partial charge >= 0.3 is 8.03 Å². The van der Waals surface area contributed by atoms with Crippen molar-refractivity contribution in [3.63, 3.8) is 0 Å². The normalized spacial score (nSPS) is 11.4. The van der Waals surface area contributed by atoms with Crippen molar-refractivity contribution in [3.05, 3.63) is 34.3 Å². The molecule has 0 N–H and O–H groups in total. The van der Waals surface area contributed by atoms with Crippen LogP contribution < -0.4 is 0 Å². The van der Waals surface area contributed by atoms with E-state index >= 15 is 0 Å². The van der Waals surface area contributed by atoms with Crippen molar-refractivity contribution in [2.75, 3.05) is 6.61 Å². The van der Waals surface area contributed by atoms with Gasteiger partial charge in [-0.3, -0.25) is 0 Å². The molecule has 0 aliphatic rings. The Morgan fingerprint density at radius 3 is 2.77 bits per heavy atom. The highest BCUT2D eigenvalue weighted by molar-refractivity contribution is 9.10. The largest absolute Gasteiger partial charge is 0.512 e. The van der Waals surface area contributed by atoms with Crippen LogP contribution in [0.3, 0.4) is 0 Å². The van der Waals surface area contributed by atoms with Crippen molar-refractivity contribution in [1.29, 1.82) is 0 Å². The molecule has 0 amide bonds. The lowest BCUT2D eigenvalue weighted by Crippen LogP contribution is -1.84. The standard InChI is InChI=1S/C9H11BrO2P/c1-2-12-13(11)7-8-5-3-4-6-9(8)10/h3-6H,2,7H2,1H3/q+1. The predicted molar refractivity (Wildman–Crippen MR) is 57.1 cm³/mol. The molecule has 1 aromatic rings. The van der Waals surface area contributed by atoms with Crippen LogP contribution in [0, 0.1) is 0 Å². The second-order valence-electron chi connectivity index (χ2n) is 2.50. The zero-order valence-electron chi connectivity index (χ0n) is 7.37. The minimum absolute atomic E-state index is 0.477. The molecule has 0 radical (unpaired) electrons. The van der Waals surface area contributed by atoms with Gasteiger partial charge in [-0.2, -0.15) is 0 Å². The quantitative estimate of drug-likeness (QED) is 0.773. The van der Waals surface area contributed by atoms with Gasteiger partial charge < -0.3 is 0 Å². The molecule has 70 valence electrons. The summed E-state index contributed by atoms with van der Waals surface area (Å²) in [5.74, 6) is 0. The van der Waals surface area contributed by atoms with Crippen molar-refractivity contribution in [2.45, 2.75) is 13.1 Å². The van der Waals surface area contributed by atoms with Gasteiger partial charge in [0.05, 0.1) is 6.61 Å². The molecule has 0 saturated carbocycles. The molecule has 0 aliphatic heterocycles. The van der Waals surface area contributed by atoms with Gasteiger partial charge in [0.25, 0.3) is 0 Å². The zero-order chi connectivity index (χ0) is 9.68. The highest BCUT2D eigenvalue weighted by Gasteiger charge is 2.18. The average Bonchev–Trinajstić information content (AvgIpc) is 2.09. The van der Waals surface area contributed by atoms with Gasteiger partial charge in [0.15, 0.2) is 0 Å². The molecule has 0 bridgehead atoms. The summed E-state index contributed by atoms with van der Waals surface area (Å²) in [6.45, 7) is 2.34. The summed E-state index contributed by atoms with van der Waals surface area (Å²) in [4.78, 5) is 0. The summed E-state index contributed by atoms with van der Waals surface area (Å²) in [5, 5.41) is 0. The van der Waals surface area contributed by atoms with E-state index in [2.05, 4.69) is 15.9 Å². The number of hydrogen-bond acceptors (Lipinski definition) is 2. The van der Waals surface area contributed by atoms with Crippen molar-refractivity contribution in [1.82, 2.24) is 0 Å². The number of rotatable bonds is 4. The summed E-state index contributed by atoms with van der Waals surface area (Å²) in [5.41, 5.74) is 1.03. The first kappa shape index (κ1) is 10.8. The minimum atomic E-state index is -1.55. The SMILES string of the molecule is CCO[P+](=O)Cc1ccccc1Br. The maximum atomic E-state index is 11.3. The zero-order valence-corrected chi connectivity index (χ0v) is 9.85. The van der Waals surface area contributed by atoms with Gasteiger partial charge in [-0.15, -0.1) is 4.52 Å². The third-order valence-electron chi connectivity index (χ3n) is 1.53. The fourth-order valence-electron chi connectivity index (χ4n) is 0.955. The summed E-state index contributed by atoms with van der Waals surface area (Å²) < 4.78 is 17.2. The van der Waals surface area contributed by atoms with E-state index in [1.807, 2.05) is 31.2 Å². The first-order chi connectivity index (χ1) is 6.24. The first-order valence-electron chi connectivity index (χ1n) is 4.05.